The monoisotopic (exact) mass is 325 g/mol. The average molecular weight is 325 g/mol. The Hall–Kier alpha value is -1.12. The lowest BCUT2D eigenvalue weighted by Crippen LogP contribution is -2.34. The van der Waals surface area contributed by atoms with Crippen LogP contribution in [0.5, 0.6) is 0 Å². The van der Waals surface area contributed by atoms with Gasteiger partial charge in [-0.15, -0.1) is 0 Å². The van der Waals surface area contributed by atoms with Gasteiger partial charge >= 0.3 is 6.18 Å². The summed E-state index contributed by atoms with van der Waals surface area (Å²) in [6, 6.07) is 4.78. The zero-order valence-electron chi connectivity index (χ0n) is 11.7. The molecule has 4 nitrogen and oxygen atoms in total. The molecule has 0 aliphatic heterocycles. The van der Waals surface area contributed by atoms with E-state index in [0.717, 1.165) is 6.26 Å². The number of halogens is 3. The summed E-state index contributed by atoms with van der Waals surface area (Å²) in [4.78, 5) is 0.122. The fourth-order valence-electron chi connectivity index (χ4n) is 1.79. The van der Waals surface area contributed by atoms with E-state index < -0.39 is 34.6 Å². The van der Waals surface area contributed by atoms with Crippen molar-refractivity contribution in [1.82, 2.24) is 5.32 Å². The molecule has 0 fully saturated rings. The van der Waals surface area contributed by atoms with Crippen molar-refractivity contribution in [3.8, 4) is 0 Å². The fourth-order valence-corrected chi connectivity index (χ4v) is 2.42. The van der Waals surface area contributed by atoms with E-state index in [1.54, 1.807) is 0 Å². The molecular formula is C13H18F3NO3S. The number of hydrogen-bond acceptors (Lipinski definition) is 4. The molecule has 0 saturated carbocycles. The Morgan fingerprint density at radius 1 is 1.24 bits per heavy atom. The lowest BCUT2D eigenvalue weighted by molar-refractivity contribution is -0.139. The number of alkyl halides is 3. The minimum Gasteiger partial charge on any atom is -0.387 e. The van der Waals surface area contributed by atoms with Gasteiger partial charge in [-0.1, -0.05) is 12.1 Å². The van der Waals surface area contributed by atoms with Crippen LogP contribution in [0.1, 0.15) is 25.0 Å². The summed E-state index contributed by atoms with van der Waals surface area (Å²) in [5, 5.41) is 12.5. The molecule has 0 radical (unpaired) electrons. The predicted molar refractivity (Wildman–Crippen MR) is 72.6 cm³/mol. The van der Waals surface area contributed by atoms with Crippen molar-refractivity contribution in [2.75, 3.05) is 12.8 Å². The maximum atomic E-state index is 12.2. The van der Waals surface area contributed by atoms with Gasteiger partial charge in [-0.2, -0.15) is 13.2 Å². The zero-order valence-corrected chi connectivity index (χ0v) is 12.5. The van der Waals surface area contributed by atoms with Gasteiger partial charge in [0, 0.05) is 18.8 Å². The van der Waals surface area contributed by atoms with E-state index in [4.69, 9.17) is 0 Å². The van der Waals surface area contributed by atoms with Crippen LogP contribution in [0.3, 0.4) is 0 Å². The molecule has 0 heterocycles. The van der Waals surface area contributed by atoms with Crippen LogP contribution in [-0.4, -0.2) is 38.5 Å². The first-order chi connectivity index (χ1) is 9.49. The van der Waals surface area contributed by atoms with Gasteiger partial charge in [-0.3, -0.25) is 0 Å². The summed E-state index contributed by atoms with van der Waals surface area (Å²) in [5.41, 5.74) is 0.439. The van der Waals surface area contributed by atoms with Crippen molar-refractivity contribution in [2.45, 2.75) is 36.6 Å². The molecule has 2 unspecified atom stereocenters. The lowest BCUT2D eigenvalue weighted by atomic mass is 10.1. The quantitative estimate of drug-likeness (QED) is 0.840. The van der Waals surface area contributed by atoms with E-state index in [1.165, 1.54) is 31.2 Å². The molecule has 1 rings (SSSR count). The van der Waals surface area contributed by atoms with Crippen LogP contribution >= 0.6 is 0 Å². The van der Waals surface area contributed by atoms with E-state index in [1.807, 2.05) is 0 Å². The Balaban J connectivity index is 2.58. The summed E-state index contributed by atoms with van der Waals surface area (Å²) < 4.78 is 59.0. The van der Waals surface area contributed by atoms with E-state index in [9.17, 15) is 26.7 Å². The van der Waals surface area contributed by atoms with Crippen molar-refractivity contribution in [3.63, 3.8) is 0 Å². The van der Waals surface area contributed by atoms with Crippen LogP contribution in [0.15, 0.2) is 29.2 Å². The van der Waals surface area contributed by atoms with Crippen LogP contribution in [0.25, 0.3) is 0 Å². The molecule has 0 saturated heterocycles. The van der Waals surface area contributed by atoms with E-state index in [2.05, 4.69) is 5.32 Å². The minimum absolute atomic E-state index is 0.0462. The summed E-state index contributed by atoms with van der Waals surface area (Å²) in [6.07, 6.45) is -5.17. The number of nitrogens with one attached hydrogen (secondary N) is 1. The van der Waals surface area contributed by atoms with Crippen LogP contribution < -0.4 is 5.32 Å². The molecule has 1 aromatic rings. The minimum atomic E-state index is -4.26. The van der Waals surface area contributed by atoms with Crippen molar-refractivity contribution in [2.24, 2.45) is 0 Å². The number of hydrogen-bond donors (Lipinski definition) is 2. The van der Waals surface area contributed by atoms with Crippen LogP contribution in [0.4, 0.5) is 13.2 Å². The van der Waals surface area contributed by atoms with Gasteiger partial charge in [0.05, 0.1) is 17.4 Å². The molecule has 8 heteroatoms. The van der Waals surface area contributed by atoms with E-state index in [0.29, 0.717) is 5.56 Å². The third kappa shape index (κ3) is 6.45. The molecule has 0 spiro atoms. The lowest BCUT2D eigenvalue weighted by Gasteiger charge is -2.18. The van der Waals surface area contributed by atoms with Crippen LogP contribution in [0, 0.1) is 0 Å². The summed E-state index contributed by atoms with van der Waals surface area (Å²) in [6.45, 7) is 1.34. The molecule has 0 bridgehead atoms. The Bertz CT molecular complexity index is 555. The topological polar surface area (TPSA) is 66.4 Å². The smallest absolute Gasteiger partial charge is 0.387 e. The van der Waals surface area contributed by atoms with Gasteiger partial charge < -0.3 is 10.4 Å². The Morgan fingerprint density at radius 3 is 2.19 bits per heavy atom. The second kappa shape index (κ2) is 6.76. The summed E-state index contributed by atoms with van der Waals surface area (Å²) >= 11 is 0. The van der Waals surface area contributed by atoms with Gasteiger partial charge in [0.25, 0.3) is 0 Å². The highest BCUT2D eigenvalue weighted by Gasteiger charge is 2.29. The molecule has 1 aromatic carbocycles. The first kappa shape index (κ1) is 17.9. The molecule has 2 atom stereocenters. The summed E-state index contributed by atoms with van der Waals surface area (Å²) in [5.74, 6) is 0. The number of sulfone groups is 1. The van der Waals surface area contributed by atoms with E-state index in [-0.39, 0.29) is 11.4 Å². The second-order valence-electron chi connectivity index (χ2n) is 4.99. The molecule has 120 valence electrons. The molecule has 21 heavy (non-hydrogen) atoms. The Labute approximate surface area is 121 Å². The highest BCUT2D eigenvalue weighted by atomic mass is 32.2. The first-order valence-electron chi connectivity index (χ1n) is 6.27. The largest absolute Gasteiger partial charge is 0.390 e. The second-order valence-corrected chi connectivity index (χ2v) is 7.00. The summed E-state index contributed by atoms with van der Waals surface area (Å²) in [7, 11) is -3.31. The Kier molecular flexibility index (Phi) is 5.77. The number of benzene rings is 1. The van der Waals surface area contributed by atoms with Crippen molar-refractivity contribution >= 4 is 9.84 Å². The first-order valence-corrected chi connectivity index (χ1v) is 8.16. The van der Waals surface area contributed by atoms with Gasteiger partial charge in [0.2, 0.25) is 0 Å². The third-order valence-corrected chi connectivity index (χ3v) is 4.02. The van der Waals surface area contributed by atoms with Crippen molar-refractivity contribution < 1.29 is 26.7 Å². The number of aliphatic hydroxyl groups is 1. The van der Waals surface area contributed by atoms with Gasteiger partial charge in [0.15, 0.2) is 9.84 Å². The normalized spacial score (nSPS) is 15.7. The van der Waals surface area contributed by atoms with Crippen LogP contribution in [-0.2, 0) is 9.84 Å². The third-order valence-electron chi connectivity index (χ3n) is 2.89. The van der Waals surface area contributed by atoms with Crippen LogP contribution in [0.2, 0.25) is 0 Å². The molecular weight excluding hydrogens is 307 g/mol. The zero-order chi connectivity index (χ0) is 16.3. The number of aliphatic hydroxyl groups excluding tert-OH is 1. The highest BCUT2D eigenvalue weighted by molar-refractivity contribution is 7.90. The standard InChI is InChI=1S/C13H18F3NO3S/c1-9(7-13(14,15)16)17-8-12(18)10-3-5-11(6-4-10)21(2,19)20/h3-6,9,12,17-18H,7-8H2,1-2H3. The molecule has 0 amide bonds. The van der Waals surface area contributed by atoms with Crippen molar-refractivity contribution in [1.29, 1.82) is 0 Å². The fraction of sp³-hybridized carbons (Fsp3) is 0.538. The SMILES string of the molecule is CC(CC(F)(F)F)NCC(O)c1ccc(S(C)(=O)=O)cc1. The van der Waals surface area contributed by atoms with E-state index >= 15 is 0 Å². The van der Waals surface area contributed by atoms with Gasteiger partial charge in [0.1, 0.15) is 0 Å². The highest BCUT2D eigenvalue weighted by Crippen LogP contribution is 2.22. The number of rotatable bonds is 6. The average Bonchev–Trinajstić information content (AvgIpc) is 2.33. The molecule has 0 aromatic heterocycles. The predicted octanol–water partition coefficient (Wildman–Crippen LogP) is 2.05. The molecule has 0 aliphatic carbocycles. The van der Waals surface area contributed by atoms with Gasteiger partial charge in [-0.25, -0.2) is 8.42 Å². The molecule has 0 aliphatic rings. The molecule has 2 N–H and O–H groups in total. The maximum absolute atomic E-state index is 12.2. The Morgan fingerprint density at radius 2 is 1.76 bits per heavy atom. The maximum Gasteiger partial charge on any atom is 0.390 e. The van der Waals surface area contributed by atoms with Gasteiger partial charge in [-0.05, 0) is 24.6 Å². The van der Waals surface area contributed by atoms with Crippen molar-refractivity contribution in [3.05, 3.63) is 29.8 Å².